The van der Waals surface area contributed by atoms with E-state index in [9.17, 15) is 13.5 Å². The summed E-state index contributed by atoms with van der Waals surface area (Å²) in [4.78, 5) is 3.84. The zero-order valence-electron chi connectivity index (χ0n) is 10.9. The Morgan fingerprint density at radius 1 is 1.58 bits per heavy atom. The fourth-order valence-electron chi connectivity index (χ4n) is 1.30. The fourth-order valence-corrected chi connectivity index (χ4v) is 3.42. The first kappa shape index (κ1) is 16.3. The SMILES string of the molecule is CN(C(C)(C)CO)S(=O)(=O)c1cc(Br)cnc1NN. The molecule has 1 aromatic rings. The van der Waals surface area contributed by atoms with E-state index in [2.05, 4.69) is 26.3 Å². The van der Waals surface area contributed by atoms with E-state index in [0.29, 0.717) is 4.47 Å². The Labute approximate surface area is 121 Å². The van der Waals surface area contributed by atoms with Crippen molar-refractivity contribution in [2.24, 2.45) is 5.84 Å². The van der Waals surface area contributed by atoms with Gasteiger partial charge in [-0.2, -0.15) is 4.31 Å². The molecule has 0 aliphatic heterocycles. The van der Waals surface area contributed by atoms with Crippen LogP contribution in [0.1, 0.15) is 13.8 Å². The molecule has 0 spiro atoms. The summed E-state index contributed by atoms with van der Waals surface area (Å²) in [6.07, 6.45) is 1.44. The number of aromatic nitrogens is 1. The molecule has 108 valence electrons. The molecular formula is C10H17BrN4O3S. The second-order valence-corrected chi connectivity index (χ2v) is 7.44. The van der Waals surface area contributed by atoms with Crippen LogP contribution in [0.15, 0.2) is 21.6 Å². The van der Waals surface area contributed by atoms with Crippen LogP contribution in [0.2, 0.25) is 0 Å². The number of nitrogens with two attached hydrogens (primary N) is 1. The number of aliphatic hydroxyl groups excluding tert-OH is 1. The van der Waals surface area contributed by atoms with Crippen LogP contribution in [0.25, 0.3) is 0 Å². The number of hydrazine groups is 1. The van der Waals surface area contributed by atoms with Crippen molar-refractivity contribution in [2.45, 2.75) is 24.3 Å². The highest BCUT2D eigenvalue weighted by atomic mass is 79.9. The molecule has 0 aromatic carbocycles. The molecule has 0 atom stereocenters. The lowest BCUT2D eigenvalue weighted by molar-refractivity contribution is 0.138. The number of nitrogens with one attached hydrogen (secondary N) is 1. The summed E-state index contributed by atoms with van der Waals surface area (Å²) < 4.78 is 26.7. The van der Waals surface area contributed by atoms with Crippen molar-refractivity contribution in [1.82, 2.24) is 9.29 Å². The number of likely N-dealkylation sites (N-methyl/N-ethyl adjacent to an activating group) is 1. The van der Waals surface area contributed by atoms with E-state index in [-0.39, 0.29) is 17.3 Å². The van der Waals surface area contributed by atoms with Gasteiger partial charge < -0.3 is 10.5 Å². The predicted molar refractivity (Wildman–Crippen MR) is 75.9 cm³/mol. The largest absolute Gasteiger partial charge is 0.394 e. The summed E-state index contributed by atoms with van der Waals surface area (Å²) in [5.74, 6) is 5.32. The molecule has 0 saturated heterocycles. The average Bonchev–Trinajstić information content (AvgIpc) is 2.37. The van der Waals surface area contributed by atoms with Crippen molar-refractivity contribution < 1.29 is 13.5 Å². The van der Waals surface area contributed by atoms with Crippen molar-refractivity contribution in [3.8, 4) is 0 Å². The Bertz CT molecular complexity index is 562. The van der Waals surface area contributed by atoms with Crippen LogP contribution in [-0.4, -0.2) is 42.0 Å². The van der Waals surface area contributed by atoms with Crippen LogP contribution < -0.4 is 11.3 Å². The maximum atomic E-state index is 12.5. The molecule has 0 aliphatic rings. The van der Waals surface area contributed by atoms with Crippen LogP contribution in [0.4, 0.5) is 5.82 Å². The van der Waals surface area contributed by atoms with Gasteiger partial charge >= 0.3 is 0 Å². The smallest absolute Gasteiger partial charge is 0.247 e. The summed E-state index contributed by atoms with van der Waals surface area (Å²) in [5, 5.41) is 9.28. The molecule has 9 heteroatoms. The third-order valence-electron chi connectivity index (χ3n) is 2.83. The minimum atomic E-state index is -3.84. The summed E-state index contributed by atoms with van der Waals surface area (Å²) in [5.41, 5.74) is 1.32. The normalized spacial score (nSPS) is 12.8. The third-order valence-corrected chi connectivity index (χ3v) is 5.35. The van der Waals surface area contributed by atoms with Gasteiger partial charge in [0.05, 0.1) is 12.1 Å². The van der Waals surface area contributed by atoms with Gasteiger partial charge in [-0.3, -0.25) is 0 Å². The lowest BCUT2D eigenvalue weighted by Gasteiger charge is -2.33. The third kappa shape index (κ3) is 3.23. The molecule has 1 aromatic heterocycles. The van der Waals surface area contributed by atoms with Crippen LogP contribution in [0.5, 0.6) is 0 Å². The van der Waals surface area contributed by atoms with Gasteiger partial charge in [0.15, 0.2) is 5.82 Å². The standard InChI is InChI=1S/C10H17BrN4O3S/c1-10(2,6-16)15(3)19(17,18)8-4-7(11)5-13-9(8)14-12/h4-5,16H,6,12H2,1-3H3,(H,13,14). The van der Waals surface area contributed by atoms with Crippen LogP contribution in [-0.2, 0) is 10.0 Å². The highest BCUT2D eigenvalue weighted by Gasteiger charge is 2.35. The Kier molecular flexibility index (Phi) is 4.91. The molecule has 1 rings (SSSR count). The zero-order chi connectivity index (χ0) is 14.8. The number of pyridine rings is 1. The molecule has 0 amide bonds. The monoisotopic (exact) mass is 352 g/mol. The molecule has 7 nitrogen and oxygen atoms in total. The van der Waals surface area contributed by atoms with Crippen molar-refractivity contribution in [3.05, 3.63) is 16.7 Å². The van der Waals surface area contributed by atoms with E-state index in [4.69, 9.17) is 5.84 Å². The Hall–Kier alpha value is -0.740. The van der Waals surface area contributed by atoms with Gasteiger partial charge in [-0.05, 0) is 35.8 Å². The fraction of sp³-hybridized carbons (Fsp3) is 0.500. The number of nitrogens with zero attached hydrogens (tertiary/aromatic N) is 2. The molecule has 0 unspecified atom stereocenters. The molecule has 1 heterocycles. The summed E-state index contributed by atoms with van der Waals surface area (Å²) in [6, 6.07) is 1.40. The Morgan fingerprint density at radius 2 is 2.16 bits per heavy atom. The summed E-state index contributed by atoms with van der Waals surface area (Å²) in [7, 11) is -2.44. The van der Waals surface area contributed by atoms with E-state index >= 15 is 0 Å². The van der Waals surface area contributed by atoms with Crippen molar-refractivity contribution in [1.29, 1.82) is 0 Å². The average molecular weight is 353 g/mol. The van der Waals surface area contributed by atoms with Crippen LogP contribution in [0.3, 0.4) is 0 Å². The topological polar surface area (TPSA) is 109 Å². The first-order valence-corrected chi connectivity index (χ1v) is 7.62. The van der Waals surface area contributed by atoms with Crippen molar-refractivity contribution in [3.63, 3.8) is 0 Å². The van der Waals surface area contributed by atoms with Gasteiger partial charge in [0.1, 0.15) is 4.90 Å². The predicted octanol–water partition coefficient (Wildman–Crippen LogP) is 0.521. The quantitative estimate of drug-likeness (QED) is 0.526. The lowest BCUT2D eigenvalue weighted by Crippen LogP contribution is -2.47. The van der Waals surface area contributed by atoms with Gasteiger partial charge in [-0.25, -0.2) is 19.2 Å². The first-order valence-electron chi connectivity index (χ1n) is 5.39. The van der Waals surface area contributed by atoms with Gasteiger partial charge in [0, 0.05) is 17.7 Å². The van der Waals surface area contributed by atoms with E-state index < -0.39 is 15.6 Å². The molecule has 0 bridgehead atoms. The molecule has 0 radical (unpaired) electrons. The second kappa shape index (κ2) is 5.71. The first-order chi connectivity index (χ1) is 8.66. The minimum absolute atomic E-state index is 0.0452. The molecule has 0 saturated carbocycles. The zero-order valence-corrected chi connectivity index (χ0v) is 13.3. The maximum Gasteiger partial charge on any atom is 0.247 e. The number of sulfonamides is 1. The van der Waals surface area contributed by atoms with Crippen LogP contribution in [0, 0.1) is 0 Å². The van der Waals surface area contributed by atoms with E-state index in [1.165, 1.54) is 19.3 Å². The van der Waals surface area contributed by atoms with Crippen LogP contribution >= 0.6 is 15.9 Å². The van der Waals surface area contributed by atoms with E-state index in [0.717, 1.165) is 4.31 Å². The molecule has 19 heavy (non-hydrogen) atoms. The number of rotatable bonds is 5. The van der Waals surface area contributed by atoms with Gasteiger partial charge in [0.2, 0.25) is 10.0 Å². The molecule has 0 fully saturated rings. The minimum Gasteiger partial charge on any atom is -0.394 e. The summed E-state index contributed by atoms with van der Waals surface area (Å²) >= 11 is 3.17. The van der Waals surface area contributed by atoms with E-state index in [1.54, 1.807) is 13.8 Å². The van der Waals surface area contributed by atoms with Crippen molar-refractivity contribution >= 4 is 31.8 Å². The highest BCUT2D eigenvalue weighted by molar-refractivity contribution is 9.10. The number of halogens is 1. The second-order valence-electron chi connectivity index (χ2n) is 4.59. The maximum absolute atomic E-state index is 12.5. The molecule has 4 N–H and O–H groups in total. The number of hydrogen-bond donors (Lipinski definition) is 3. The van der Waals surface area contributed by atoms with Gasteiger partial charge in [0.25, 0.3) is 0 Å². The Morgan fingerprint density at radius 3 is 2.63 bits per heavy atom. The summed E-state index contributed by atoms with van der Waals surface area (Å²) in [6.45, 7) is 2.92. The number of aliphatic hydroxyl groups is 1. The Balaban J connectivity index is 3.39. The molecular weight excluding hydrogens is 336 g/mol. The number of nitrogen functional groups attached to an aromatic ring is 1. The number of hydrogen-bond acceptors (Lipinski definition) is 6. The highest BCUT2D eigenvalue weighted by Crippen LogP contribution is 2.28. The van der Waals surface area contributed by atoms with Gasteiger partial charge in [-0.15, -0.1) is 0 Å². The van der Waals surface area contributed by atoms with Crippen molar-refractivity contribution in [2.75, 3.05) is 19.1 Å². The lowest BCUT2D eigenvalue weighted by atomic mass is 10.1. The molecule has 0 aliphatic carbocycles. The van der Waals surface area contributed by atoms with E-state index in [1.807, 2.05) is 0 Å². The van der Waals surface area contributed by atoms with Gasteiger partial charge in [-0.1, -0.05) is 0 Å². The number of anilines is 1.